The number of carbonyl (C=O) groups excluding carboxylic acids is 2. The first-order chi connectivity index (χ1) is 16.0. The molecule has 0 saturated heterocycles. The lowest BCUT2D eigenvalue weighted by molar-refractivity contribution is -0.118. The van der Waals surface area contributed by atoms with E-state index >= 15 is 0 Å². The molecule has 2 aromatic carbocycles. The van der Waals surface area contributed by atoms with Crippen molar-refractivity contribution in [3.63, 3.8) is 0 Å². The van der Waals surface area contributed by atoms with Crippen molar-refractivity contribution in [2.75, 3.05) is 17.2 Å². The first kappa shape index (κ1) is 20.5. The molecule has 0 aliphatic carbocycles. The minimum atomic E-state index is -0.303. The van der Waals surface area contributed by atoms with E-state index in [9.17, 15) is 14.4 Å². The van der Waals surface area contributed by atoms with Crippen LogP contribution >= 0.6 is 0 Å². The van der Waals surface area contributed by atoms with Gasteiger partial charge in [-0.2, -0.15) is 0 Å². The predicted octanol–water partition coefficient (Wildman–Crippen LogP) is 2.45. The lowest BCUT2D eigenvalue weighted by Crippen LogP contribution is -2.22. The van der Waals surface area contributed by atoms with E-state index in [0.717, 1.165) is 16.8 Å². The summed E-state index contributed by atoms with van der Waals surface area (Å²) in [7, 11) is 0. The smallest absolute Gasteiger partial charge is 0.350 e. The molecule has 1 aliphatic rings. The minimum absolute atomic E-state index is 0.00355. The van der Waals surface area contributed by atoms with Crippen LogP contribution in [0.15, 0.2) is 71.7 Å². The molecule has 0 unspecified atom stereocenters. The van der Waals surface area contributed by atoms with Gasteiger partial charge in [0.25, 0.3) is 5.91 Å². The van der Waals surface area contributed by atoms with Crippen LogP contribution in [0.25, 0.3) is 5.65 Å². The Bertz CT molecular complexity index is 1420. The van der Waals surface area contributed by atoms with Gasteiger partial charge in [0.1, 0.15) is 5.75 Å². The fourth-order valence-electron chi connectivity index (χ4n) is 3.79. The lowest BCUT2D eigenvalue weighted by atomic mass is 10.0. The summed E-state index contributed by atoms with van der Waals surface area (Å²) >= 11 is 0. The zero-order valence-electron chi connectivity index (χ0n) is 17.7. The quantitative estimate of drug-likeness (QED) is 0.476. The van der Waals surface area contributed by atoms with E-state index in [1.807, 2.05) is 24.3 Å². The maximum atomic E-state index is 12.5. The summed E-state index contributed by atoms with van der Waals surface area (Å²) in [6.07, 6.45) is 2.76. The van der Waals surface area contributed by atoms with Gasteiger partial charge in [-0.25, -0.2) is 9.48 Å². The van der Waals surface area contributed by atoms with Gasteiger partial charge in [-0.15, -0.1) is 5.10 Å². The Labute approximate surface area is 188 Å². The van der Waals surface area contributed by atoms with Crippen molar-refractivity contribution in [1.82, 2.24) is 14.2 Å². The molecular formula is C24H21N5O4. The highest BCUT2D eigenvalue weighted by Gasteiger charge is 2.15. The fourth-order valence-corrected chi connectivity index (χ4v) is 3.79. The maximum absolute atomic E-state index is 12.5. The van der Waals surface area contributed by atoms with Crippen LogP contribution in [0.3, 0.4) is 0 Å². The van der Waals surface area contributed by atoms with Crippen molar-refractivity contribution in [3.05, 3.63) is 88.5 Å². The Morgan fingerprint density at radius 1 is 1.06 bits per heavy atom. The summed E-state index contributed by atoms with van der Waals surface area (Å²) in [5, 5.41) is 9.96. The Morgan fingerprint density at radius 2 is 1.97 bits per heavy atom. The van der Waals surface area contributed by atoms with Gasteiger partial charge in [0.05, 0.1) is 6.54 Å². The highest BCUT2D eigenvalue weighted by molar-refractivity contribution is 5.94. The zero-order chi connectivity index (χ0) is 22.8. The van der Waals surface area contributed by atoms with E-state index in [2.05, 4.69) is 15.7 Å². The third-order valence-electron chi connectivity index (χ3n) is 5.37. The van der Waals surface area contributed by atoms with Crippen molar-refractivity contribution in [3.8, 4) is 5.75 Å². The van der Waals surface area contributed by atoms with Crippen molar-refractivity contribution in [2.45, 2.75) is 19.4 Å². The van der Waals surface area contributed by atoms with Crippen LogP contribution < -0.4 is 21.1 Å². The monoisotopic (exact) mass is 443 g/mol. The second-order valence-electron chi connectivity index (χ2n) is 7.77. The molecule has 5 rings (SSSR count). The standard InChI is InChI=1S/C24H21N5O4/c30-22-10-7-17-13-19(8-9-20(17)26-22)33-15-23(31)25-18-5-3-4-16(12-18)14-29-24(32)28-11-2-1-6-21(28)27-29/h1-6,8-9,11-13H,7,10,14-15H2,(H,25,31)(H,26,30). The van der Waals surface area contributed by atoms with E-state index in [0.29, 0.717) is 29.9 Å². The molecule has 3 heterocycles. The molecule has 4 aromatic rings. The van der Waals surface area contributed by atoms with Crippen LogP contribution in [0.1, 0.15) is 17.5 Å². The number of carbonyl (C=O) groups is 2. The van der Waals surface area contributed by atoms with Crippen LogP contribution in [0.2, 0.25) is 0 Å². The number of ether oxygens (including phenoxy) is 1. The van der Waals surface area contributed by atoms with Gasteiger partial charge >= 0.3 is 5.69 Å². The molecule has 0 saturated carbocycles. The number of hydrogen-bond acceptors (Lipinski definition) is 5. The molecule has 2 aromatic heterocycles. The number of pyridine rings is 1. The Balaban J connectivity index is 1.21. The van der Waals surface area contributed by atoms with E-state index in [1.165, 1.54) is 9.08 Å². The zero-order valence-corrected chi connectivity index (χ0v) is 17.7. The Kier molecular flexibility index (Phi) is 5.35. The molecule has 0 fully saturated rings. The molecule has 166 valence electrons. The number of anilines is 2. The summed E-state index contributed by atoms with van der Waals surface area (Å²) in [5.74, 6) is 0.270. The largest absolute Gasteiger partial charge is 0.484 e. The van der Waals surface area contributed by atoms with Gasteiger partial charge < -0.3 is 15.4 Å². The lowest BCUT2D eigenvalue weighted by Gasteiger charge is -2.17. The van der Waals surface area contributed by atoms with E-state index in [-0.39, 0.29) is 30.7 Å². The van der Waals surface area contributed by atoms with Crippen molar-refractivity contribution < 1.29 is 14.3 Å². The molecule has 33 heavy (non-hydrogen) atoms. The van der Waals surface area contributed by atoms with Crippen molar-refractivity contribution >= 4 is 28.8 Å². The van der Waals surface area contributed by atoms with Gasteiger partial charge in [-0.1, -0.05) is 18.2 Å². The van der Waals surface area contributed by atoms with Crippen LogP contribution in [0.5, 0.6) is 5.75 Å². The molecule has 0 atom stereocenters. The minimum Gasteiger partial charge on any atom is -0.484 e. The first-order valence-corrected chi connectivity index (χ1v) is 10.5. The molecule has 9 nitrogen and oxygen atoms in total. The van der Waals surface area contributed by atoms with Gasteiger partial charge in [-0.05, 0) is 60.0 Å². The SMILES string of the molecule is O=C(COc1ccc2c(c1)CCC(=O)N2)Nc1cccc(Cn2nc3ccccn3c2=O)c1. The van der Waals surface area contributed by atoms with Crippen LogP contribution in [-0.2, 0) is 22.6 Å². The predicted molar refractivity (Wildman–Crippen MR) is 123 cm³/mol. The highest BCUT2D eigenvalue weighted by Crippen LogP contribution is 2.26. The number of aryl methyl sites for hydroxylation is 1. The number of aromatic nitrogens is 3. The summed E-state index contributed by atoms with van der Waals surface area (Å²) in [5.41, 5.74) is 3.56. The summed E-state index contributed by atoms with van der Waals surface area (Å²) in [4.78, 5) is 36.3. The van der Waals surface area contributed by atoms with Crippen LogP contribution in [-0.4, -0.2) is 32.6 Å². The average molecular weight is 443 g/mol. The van der Waals surface area contributed by atoms with Crippen molar-refractivity contribution in [2.24, 2.45) is 0 Å². The van der Waals surface area contributed by atoms with Gasteiger partial charge in [0, 0.05) is 24.0 Å². The first-order valence-electron chi connectivity index (χ1n) is 10.5. The number of fused-ring (bicyclic) bond motifs is 2. The number of nitrogens with zero attached hydrogens (tertiary/aromatic N) is 3. The number of hydrogen-bond donors (Lipinski definition) is 2. The number of benzene rings is 2. The van der Waals surface area contributed by atoms with Crippen molar-refractivity contribution in [1.29, 1.82) is 0 Å². The summed E-state index contributed by atoms with van der Waals surface area (Å²) in [6, 6.07) is 18.0. The van der Waals surface area contributed by atoms with E-state index in [4.69, 9.17) is 4.74 Å². The van der Waals surface area contributed by atoms with Gasteiger partial charge in [0.2, 0.25) is 5.91 Å². The molecular weight excluding hydrogens is 422 g/mol. The van der Waals surface area contributed by atoms with Crippen LogP contribution in [0, 0.1) is 0 Å². The fraction of sp³-hybridized carbons (Fsp3) is 0.167. The summed E-state index contributed by atoms with van der Waals surface area (Å²) in [6.45, 7) is 0.133. The van der Waals surface area contributed by atoms with E-state index in [1.54, 1.807) is 42.6 Å². The number of rotatable bonds is 6. The van der Waals surface area contributed by atoms with Crippen LogP contribution in [0.4, 0.5) is 11.4 Å². The molecule has 0 spiro atoms. The summed E-state index contributed by atoms with van der Waals surface area (Å²) < 4.78 is 8.50. The number of nitrogens with one attached hydrogen (secondary N) is 2. The highest BCUT2D eigenvalue weighted by atomic mass is 16.5. The van der Waals surface area contributed by atoms with E-state index < -0.39 is 0 Å². The molecule has 2 amide bonds. The molecule has 9 heteroatoms. The van der Waals surface area contributed by atoms with Gasteiger partial charge in [0.15, 0.2) is 12.3 Å². The average Bonchev–Trinajstić information content (AvgIpc) is 3.13. The normalized spacial score (nSPS) is 12.8. The maximum Gasteiger partial charge on any atom is 0.350 e. The Hall–Kier alpha value is -4.40. The number of amides is 2. The molecule has 2 N–H and O–H groups in total. The molecule has 1 aliphatic heterocycles. The second-order valence-corrected chi connectivity index (χ2v) is 7.77. The molecule has 0 radical (unpaired) electrons. The topological polar surface area (TPSA) is 107 Å². The second kappa shape index (κ2) is 8.62. The van der Waals surface area contributed by atoms with Gasteiger partial charge in [-0.3, -0.25) is 14.0 Å². The third-order valence-corrected chi connectivity index (χ3v) is 5.37. The molecule has 0 bridgehead atoms. The Morgan fingerprint density at radius 3 is 2.85 bits per heavy atom. The third kappa shape index (κ3) is 4.47.